The molecule has 5 N–H and O–H groups in total. The lowest BCUT2D eigenvalue weighted by atomic mass is 10.0. The SMILES string of the molecule is CC(C)[C@H](NC(=O)[C@H](CCCCNC(=O)OCc1ccccc1)NC(=O)C(F)(F)F)C(=O)N[C@@H](CCCCNC(=O)OCc1ccccc1)C(=O)Oc1ccc([N+](=O)[O-])cc1. The number of non-ortho nitro benzene ring substituents is 1. The Bertz CT molecular complexity index is 1900. The van der Waals surface area contributed by atoms with E-state index in [0.717, 1.165) is 23.3 Å². The number of esters is 1. The number of carbonyl (C=O) groups excluding carboxylic acids is 6. The van der Waals surface area contributed by atoms with Crippen LogP contribution in [0, 0.1) is 16.0 Å². The molecule has 3 aromatic rings. The molecule has 0 bridgehead atoms. The number of alkyl halides is 3. The normalized spacial score (nSPS) is 12.5. The fourth-order valence-electron chi connectivity index (χ4n) is 5.51. The fraction of sp³-hybridized carbons (Fsp3) is 0.415. The molecular weight excluding hydrogens is 809 g/mol. The summed E-state index contributed by atoms with van der Waals surface area (Å²) in [6.07, 6.45) is -6.30. The van der Waals surface area contributed by atoms with Crippen molar-refractivity contribution in [1.29, 1.82) is 0 Å². The van der Waals surface area contributed by atoms with Crippen LogP contribution in [0.5, 0.6) is 5.75 Å². The van der Waals surface area contributed by atoms with Crippen molar-refractivity contribution in [2.75, 3.05) is 13.1 Å². The minimum atomic E-state index is -5.33. The minimum absolute atomic E-state index is 0.0100. The monoisotopic (exact) mass is 858 g/mol. The summed E-state index contributed by atoms with van der Waals surface area (Å²) in [4.78, 5) is 87.0. The molecule has 0 radical (unpaired) electrons. The lowest BCUT2D eigenvalue weighted by molar-refractivity contribution is -0.384. The van der Waals surface area contributed by atoms with E-state index < -0.39 is 71.0 Å². The van der Waals surface area contributed by atoms with Crippen LogP contribution in [0.25, 0.3) is 0 Å². The molecule has 0 saturated heterocycles. The van der Waals surface area contributed by atoms with Gasteiger partial charge in [-0.1, -0.05) is 74.5 Å². The van der Waals surface area contributed by atoms with Gasteiger partial charge in [-0.2, -0.15) is 13.2 Å². The number of rotatable bonds is 23. The number of nitro benzene ring substituents is 1. The molecule has 330 valence electrons. The van der Waals surface area contributed by atoms with Gasteiger partial charge in [0.1, 0.15) is 37.1 Å². The van der Waals surface area contributed by atoms with Gasteiger partial charge in [0.25, 0.3) is 5.69 Å². The van der Waals surface area contributed by atoms with Crippen molar-refractivity contribution in [3.05, 3.63) is 106 Å². The lowest BCUT2D eigenvalue weighted by Crippen LogP contribution is -2.58. The maximum absolute atomic E-state index is 13.7. The lowest BCUT2D eigenvalue weighted by Gasteiger charge is -2.27. The van der Waals surface area contributed by atoms with Crippen molar-refractivity contribution in [2.24, 2.45) is 5.92 Å². The van der Waals surface area contributed by atoms with Crippen molar-refractivity contribution < 1.29 is 61.1 Å². The number of amides is 5. The first-order valence-electron chi connectivity index (χ1n) is 19.4. The first kappa shape index (κ1) is 48.6. The molecule has 0 saturated carbocycles. The maximum Gasteiger partial charge on any atom is 0.471 e. The summed E-state index contributed by atoms with van der Waals surface area (Å²) in [5.41, 5.74) is 1.26. The summed E-state index contributed by atoms with van der Waals surface area (Å²) in [5, 5.41) is 22.7. The highest BCUT2D eigenvalue weighted by Crippen LogP contribution is 2.19. The van der Waals surface area contributed by atoms with Gasteiger partial charge in [-0.3, -0.25) is 24.5 Å². The number of alkyl carbamates (subject to hydrolysis) is 2. The van der Waals surface area contributed by atoms with Gasteiger partial charge in [0, 0.05) is 25.2 Å². The van der Waals surface area contributed by atoms with Crippen molar-refractivity contribution in [3.63, 3.8) is 0 Å². The van der Waals surface area contributed by atoms with Gasteiger partial charge in [-0.15, -0.1) is 0 Å². The van der Waals surface area contributed by atoms with Crippen LogP contribution in [0.1, 0.15) is 63.5 Å². The molecule has 0 unspecified atom stereocenters. The molecule has 20 heteroatoms. The number of carbonyl (C=O) groups is 6. The average Bonchev–Trinajstić information content (AvgIpc) is 3.23. The molecule has 3 aromatic carbocycles. The molecule has 0 aliphatic heterocycles. The zero-order valence-corrected chi connectivity index (χ0v) is 33.5. The molecule has 5 amide bonds. The van der Waals surface area contributed by atoms with Crippen LogP contribution in [0.15, 0.2) is 84.9 Å². The molecule has 3 atom stereocenters. The number of nitrogens with zero attached hydrogens (tertiary/aromatic N) is 1. The van der Waals surface area contributed by atoms with Crippen LogP contribution in [-0.4, -0.2) is 78.2 Å². The van der Waals surface area contributed by atoms with Crippen LogP contribution < -0.4 is 31.3 Å². The van der Waals surface area contributed by atoms with E-state index in [-0.39, 0.29) is 69.8 Å². The number of nitro groups is 1. The van der Waals surface area contributed by atoms with Gasteiger partial charge in [0.2, 0.25) is 11.8 Å². The third kappa shape index (κ3) is 18.4. The van der Waals surface area contributed by atoms with E-state index >= 15 is 0 Å². The van der Waals surface area contributed by atoms with Gasteiger partial charge >= 0.3 is 30.2 Å². The van der Waals surface area contributed by atoms with E-state index in [4.69, 9.17) is 14.2 Å². The Morgan fingerprint density at radius 3 is 1.61 bits per heavy atom. The second-order valence-corrected chi connectivity index (χ2v) is 14.0. The second-order valence-electron chi connectivity index (χ2n) is 14.0. The molecular formula is C41H49F3N6O11. The first-order valence-corrected chi connectivity index (χ1v) is 19.4. The predicted molar refractivity (Wildman–Crippen MR) is 212 cm³/mol. The molecule has 0 aromatic heterocycles. The Kier molecular flexibility index (Phi) is 19.9. The maximum atomic E-state index is 13.7. The smallest absolute Gasteiger partial charge is 0.445 e. The van der Waals surface area contributed by atoms with Crippen LogP contribution in [0.2, 0.25) is 0 Å². The van der Waals surface area contributed by atoms with Gasteiger partial charge < -0.3 is 40.8 Å². The largest absolute Gasteiger partial charge is 0.471 e. The van der Waals surface area contributed by atoms with E-state index in [1.54, 1.807) is 59.9 Å². The molecule has 0 fully saturated rings. The molecule has 0 heterocycles. The quantitative estimate of drug-likeness (QED) is 0.0268. The van der Waals surface area contributed by atoms with E-state index in [1.807, 2.05) is 6.07 Å². The number of hydrogen-bond acceptors (Lipinski definition) is 11. The Balaban J connectivity index is 1.63. The Labute approximate surface area is 349 Å². The number of ether oxygens (including phenoxy) is 3. The summed E-state index contributed by atoms with van der Waals surface area (Å²) in [6, 6.07) is 17.9. The number of nitrogens with one attached hydrogen (secondary N) is 5. The topological polar surface area (TPSA) is 233 Å². The summed E-state index contributed by atoms with van der Waals surface area (Å²) in [5.74, 6) is -6.14. The van der Waals surface area contributed by atoms with E-state index in [0.29, 0.717) is 6.42 Å². The summed E-state index contributed by atoms with van der Waals surface area (Å²) in [6.45, 7) is 3.29. The summed E-state index contributed by atoms with van der Waals surface area (Å²) in [7, 11) is 0. The van der Waals surface area contributed by atoms with Gasteiger partial charge in [0.05, 0.1) is 4.92 Å². The fourth-order valence-corrected chi connectivity index (χ4v) is 5.51. The molecule has 0 aliphatic carbocycles. The van der Waals surface area contributed by atoms with Crippen molar-refractivity contribution in [2.45, 2.75) is 89.9 Å². The number of halogens is 3. The highest BCUT2D eigenvalue weighted by molar-refractivity contribution is 5.94. The number of benzene rings is 3. The predicted octanol–water partition coefficient (Wildman–Crippen LogP) is 5.37. The number of unbranched alkanes of at least 4 members (excludes halogenated alkanes) is 2. The van der Waals surface area contributed by atoms with Crippen molar-refractivity contribution >= 4 is 41.6 Å². The Morgan fingerprint density at radius 1 is 0.656 bits per heavy atom. The number of hydrogen-bond donors (Lipinski definition) is 5. The van der Waals surface area contributed by atoms with Crippen molar-refractivity contribution in [3.8, 4) is 5.75 Å². The molecule has 61 heavy (non-hydrogen) atoms. The average molecular weight is 859 g/mol. The first-order chi connectivity index (χ1) is 29.0. The van der Waals surface area contributed by atoms with Gasteiger partial charge in [-0.05, 0) is 67.7 Å². The van der Waals surface area contributed by atoms with E-state index in [2.05, 4.69) is 21.3 Å². The van der Waals surface area contributed by atoms with Crippen LogP contribution in [-0.2, 0) is 41.9 Å². The van der Waals surface area contributed by atoms with E-state index in [1.165, 1.54) is 26.0 Å². The second kappa shape index (κ2) is 25.0. The zero-order valence-electron chi connectivity index (χ0n) is 33.5. The van der Waals surface area contributed by atoms with Crippen LogP contribution >= 0.6 is 0 Å². The molecule has 0 aliphatic rings. The zero-order chi connectivity index (χ0) is 44.8. The molecule has 17 nitrogen and oxygen atoms in total. The Hall–Kier alpha value is -6.73. The molecule has 0 spiro atoms. The van der Waals surface area contributed by atoms with Crippen molar-refractivity contribution in [1.82, 2.24) is 26.6 Å². The Morgan fingerprint density at radius 2 is 1.15 bits per heavy atom. The highest BCUT2D eigenvalue weighted by Gasteiger charge is 2.41. The molecule has 3 rings (SSSR count). The third-order valence-corrected chi connectivity index (χ3v) is 8.80. The minimum Gasteiger partial charge on any atom is -0.445 e. The van der Waals surface area contributed by atoms with Crippen LogP contribution in [0.3, 0.4) is 0 Å². The summed E-state index contributed by atoms with van der Waals surface area (Å²) < 4.78 is 55.5. The highest BCUT2D eigenvalue weighted by atomic mass is 19.4. The third-order valence-electron chi connectivity index (χ3n) is 8.80. The van der Waals surface area contributed by atoms with E-state index in [9.17, 15) is 52.1 Å². The standard InChI is InChI=1S/C41H49F3N6O11/c1-27(2)34(49-35(51)32(48-38(54)41(42,43)44)17-9-11-23-45-39(55)59-25-28-13-5-3-6-14-28)36(52)47-33(37(53)61-31-21-19-30(20-22-31)50(57)58)18-10-12-24-46-40(56)60-26-29-15-7-4-8-16-29/h3-8,13-16,19-22,27,32-34H,9-12,17-18,23-26H2,1-2H3,(H,45,55)(H,46,56)(H,47,52)(H,48,54)(H,49,51)/t32-,33-,34-/m0/s1. The van der Waals surface area contributed by atoms with Gasteiger partial charge in [0.15, 0.2) is 0 Å². The van der Waals surface area contributed by atoms with Crippen LogP contribution in [0.4, 0.5) is 28.4 Å². The van der Waals surface area contributed by atoms with Gasteiger partial charge in [-0.25, -0.2) is 14.4 Å². The summed E-state index contributed by atoms with van der Waals surface area (Å²) >= 11 is 0.